The fraction of sp³-hybridized carbons (Fsp3) is 0.727. The highest BCUT2D eigenvalue weighted by Gasteiger charge is 2.25. The van der Waals surface area contributed by atoms with E-state index in [0.717, 1.165) is 12.8 Å². The van der Waals surface area contributed by atoms with Crippen molar-refractivity contribution in [1.29, 1.82) is 0 Å². The van der Waals surface area contributed by atoms with Crippen LogP contribution in [0.5, 0.6) is 0 Å². The van der Waals surface area contributed by atoms with Crippen molar-refractivity contribution in [2.24, 2.45) is 17.2 Å². The molecule has 0 heterocycles. The summed E-state index contributed by atoms with van der Waals surface area (Å²) in [6, 6.07) is -4.49. The molecule has 0 rings (SSSR count). The molecule has 15 nitrogen and oxygen atoms in total. The first-order chi connectivity index (χ1) is 17.4. The average molecular weight is 533 g/mol. The summed E-state index contributed by atoms with van der Waals surface area (Å²) in [5, 5.41) is 34.2. The number of carboxylic acid groups (broad SMARTS) is 3. The Hall–Kier alpha value is -3.30. The second kappa shape index (κ2) is 18.9. The number of nitrogens with two attached hydrogens (primary N) is 3. The Morgan fingerprint density at radius 2 is 1.22 bits per heavy atom. The third-order valence-corrected chi connectivity index (χ3v) is 5.44. The molecule has 37 heavy (non-hydrogen) atoms. The summed E-state index contributed by atoms with van der Waals surface area (Å²) in [5.74, 6) is -5.71. The van der Waals surface area contributed by atoms with E-state index in [1.165, 1.54) is 0 Å². The number of carbonyl (C=O) groups excluding carboxylic acids is 3. The normalized spacial score (nSPS) is 14.0. The van der Waals surface area contributed by atoms with Gasteiger partial charge in [0.1, 0.15) is 12.1 Å². The van der Waals surface area contributed by atoms with E-state index < -0.39 is 60.3 Å². The van der Waals surface area contributed by atoms with E-state index in [2.05, 4.69) is 16.0 Å². The Kier molecular flexibility index (Phi) is 17.2. The molecule has 0 saturated carbocycles. The van der Waals surface area contributed by atoms with Crippen LogP contribution >= 0.6 is 0 Å². The van der Waals surface area contributed by atoms with Gasteiger partial charge in [-0.25, -0.2) is 9.59 Å². The Bertz CT molecular complexity index is 780. The number of aliphatic carboxylic acids is 3. The first-order valence-electron chi connectivity index (χ1n) is 12.1. The lowest BCUT2D eigenvalue weighted by Gasteiger charge is -2.18. The van der Waals surface area contributed by atoms with Crippen molar-refractivity contribution in [3.63, 3.8) is 0 Å². The monoisotopic (exact) mass is 532 g/mol. The molecule has 0 fully saturated rings. The average Bonchev–Trinajstić information content (AvgIpc) is 2.83. The van der Waals surface area contributed by atoms with Crippen LogP contribution in [-0.4, -0.2) is 88.2 Å². The number of carboxylic acids is 3. The standard InChI is InChI=1S/C22H40N6O9/c23-11-3-1-5-13(24)19(32)26-12-4-2-6-15(21(34)35)28-20(33)14(25)7-9-17(29)27-16(22(36)37)8-10-18(30)31/h13-16H,1-12,23-25H2,(H,26,32)(H,27,29)(H,28,33)(H,30,31)(H,34,35)(H,36,37). The molecule has 0 aliphatic heterocycles. The molecule has 212 valence electrons. The van der Waals surface area contributed by atoms with Crippen LogP contribution in [0.25, 0.3) is 0 Å². The van der Waals surface area contributed by atoms with Gasteiger partial charge in [0.2, 0.25) is 17.7 Å². The molecule has 3 amide bonds. The lowest BCUT2D eigenvalue weighted by molar-refractivity contribution is -0.143. The highest BCUT2D eigenvalue weighted by atomic mass is 16.4. The van der Waals surface area contributed by atoms with Gasteiger partial charge in [0.15, 0.2) is 0 Å². The number of amides is 3. The van der Waals surface area contributed by atoms with Gasteiger partial charge in [-0.15, -0.1) is 0 Å². The largest absolute Gasteiger partial charge is 0.481 e. The molecule has 0 aliphatic carbocycles. The Balaban J connectivity index is 4.42. The van der Waals surface area contributed by atoms with Crippen molar-refractivity contribution in [2.75, 3.05) is 13.1 Å². The van der Waals surface area contributed by atoms with E-state index in [9.17, 15) is 33.9 Å². The third kappa shape index (κ3) is 16.1. The maximum absolute atomic E-state index is 12.3. The predicted molar refractivity (Wildman–Crippen MR) is 131 cm³/mol. The summed E-state index contributed by atoms with van der Waals surface area (Å²) >= 11 is 0. The minimum absolute atomic E-state index is 0.0799. The van der Waals surface area contributed by atoms with Crippen LogP contribution in [0.1, 0.15) is 64.2 Å². The fourth-order valence-electron chi connectivity index (χ4n) is 3.20. The van der Waals surface area contributed by atoms with Crippen molar-refractivity contribution >= 4 is 35.6 Å². The zero-order chi connectivity index (χ0) is 28.4. The zero-order valence-corrected chi connectivity index (χ0v) is 20.8. The van der Waals surface area contributed by atoms with Crippen LogP contribution in [-0.2, 0) is 28.8 Å². The number of carbonyl (C=O) groups is 6. The molecule has 0 spiro atoms. The van der Waals surface area contributed by atoms with Gasteiger partial charge >= 0.3 is 17.9 Å². The Morgan fingerprint density at radius 1 is 0.649 bits per heavy atom. The molecule has 0 aromatic rings. The highest BCUT2D eigenvalue weighted by Crippen LogP contribution is 2.05. The molecule has 0 aromatic carbocycles. The van der Waals surface area contributed by atoms with Crippen LogP contribution in [0.2, 0.25) is 0 Å². The summed E-state index contributed by atoms with van der Waals surface area (Å²) < 4.78 is 0. The minimum atomic E-state index is -1.40. The van der Waals surface area contributed by atoms with Crippen molar-refractivity contribution in [2.45, 2.75) is 88.4 Å². The van der Waals surface area contributed by atoms with Crippen molar-refractivity contribution in [1.82, 2.24) is 16.0 Å². The number of unbranched alkanes of at least 4 members (excludes halogenated alkanes) is 2. The predicted octanol–water partition coefficient (Wildman–Crippen LogP) is -2.16. The first-order valence-corrected chi connectivity index (χ1v) is 12.1. The molecule has 0 bridgehead atoms. The Labute approximate surface area is 214 Å². The van der Waals surface area contributed by atoms with E-state index in [-0.39, 0.29) is 31.6 Å². The van der Waals surface area contributed by atoms with Crippen LogP contribution in [0.15, 0.2) is 0 Å². The second-order valence-electron chi connectivity index (χ2n) is 8.61. The van der Waals surface area contributed by atoms with Crippen molar-refractivity contribution in [3.8, 4) is 0 Å². The molecular weight excluding hydrogens is 492 g/mol. The summed E-state index contributed by atoms with van der Waals surface area (Å²) in [6.07, 6.45) is 1.68. The maximum atomic E-state index is 12.3. The van der Waals surface area contributed by atoms with Gasteiger partial charge in [0.05, 0.1) is 12.1 Å². The number of nitrogens with one attached hydrogen (secondary N) is 3. The van der Waals surface area contributed by atoms with E-state index in [0.29, 0.717) is 32.4 Å². The van der Waals surface area contributed by atoms with Crippen LogP contribution in [0, 0.1) is 0 Å². The van der Waals surface area contributed by atoms with Crippen LogP contribution in [0.3, 0.4) is 0 Å². The molecular formula is C22H40N6O9. The van der Waals surface area contributed by atoms with Gasteiger partial charge in [-0.1, -0.05) is 6.42 Å². The van der Waals surface area contributed by atoms with Gasteiger partial charge in [0.25, 0.3) is 0 Å². The molecule has 0 saturated heterocycles. The molecule has 0 radical (unpaired) electrons. The molecule has 4 atom stereocenters. The van der Waals surface area contributed by atoms with E-state index in [4.69, 9.17) is 27.4 Å². The van der Waals surface area contributed by atoms with Gasteiger partial charge in [-0.3, -0.25) is 19.2 Å². The van der Waals surface area contributed by atoms with E-state index in [1.807, 2.05) is 0 Å². The topological polar surface area (TPSA) is 277 Å². The van der Waals surface area contributed by atoms with Crippen LogP contribution < -0.4 is 33.2 Å². The molecule has 15 heteroatoms. The first kappa shape index (κ1) is 33.7. The Morgan fingerprint density at radius 3 is 1.78 bits per heavy atom. The zero-order valence-electron chi connectivity index (χ0n) is 20.8. The molecule has 4 unspecified atom stereocenters. The number of rotatable bonds is 21. The van der Waals surface area contributed by atoms with Gasteiger partial charge < -0.3 is 48.5 Å². The lowest BCUT2D eigenvalue weighted by Crippen LogP contribution is -2.49. The van der Waals surface area contributed by atoms with E-state index in [1.54, 1.807) is 0 Å². The maximum Gasteiger partial charge on any atom is 0.326 e. The quantitative estimate of drug-likeness (QED) is 0.0715. The molecule has 12 N–H and O–H groups in total. The summed E-state index contributed by atoms with van der Waals surface area (Å²) in [7, 11) is 0. The van der Waals surface area contributed by atoms with Crippen LogP contribution in [0.4, 0.5) is 0 Å². The minimum Gasteiger partial charge on any atom is -0.481 e. The SMILES string of the molecule is NCCCCC(N)C(=O)NCCCCC(NC(=O)C(N)CCC(=O)NC(CCC(=O)O)C(=O)O)C(=O)O. The lowest BCUT2D eigenvalue weighted by atomic mass is 10.1. The summed E-state index contributed by atoms with van der Waals surface area (Å²) in [4.78, 5) is 69.4. The van der Waals surface area contributed by atoms with Gasteiger partial charge in [0, 0.05) is 19.4 Å². The van der Waals surface area contributed by atoms with E-state index >= 15 is 0 Å². The second-order valence-corrected chi connectivity index (χ2v) is 8.61. The van der Waals surface area contributed by atoms with Gasteiger partial charge in [-0.2, -0.15) is 0 Å². The fourth-order valence-corrected chi connectivity index (χ4v) is 3.20. The summed E-state index contributed by atoms with van der Waals surface area (Å²) in [5.41, 5.74) is 16.9. The number of hydrogen-bond donors (Lipinski definition) is 9. The summed E-state index contributed by atoms with van der Waals surface area (Å²) in [6.45, 7) is 0.821. The molecule has 0 aromatic heterocycles. The number of hydrogen-bond acceptors (Lipinski definition) is 9. The third-order valence-electron chi connectivity index (χ3n) is 5.44. The van der Waals surface area contributed by atoms with Crippen molar-refractivity contribution in [3.05, 3.63) is 0 Å². The highest BCUT2D eigenvalue weighted by molar-refractivity contribution is 5.88. The smallest absolute Gasteiger partial charge is 0.326 e. The molecule has 0 aliphatic rings. The van der Waals surface area contributed by atoms with Crippen molar-refractivity contribution < 1.29 is 44.1 Å². The van der Waals surface area contributed by atoms with Gasteiger partial charge in [-0.05, 0) is 51.5 Å².